The Kier molecular flexibility index (Phi) is 3.25. The Morgan fingerprint density at radius 3 is 2.88 bits per heavy atom. The van der Waals surface area contributed by atoms with E-state index in [1.54, 1.807) is 13.1 Å². The van der Waals surface area contributed by atoms with E-state index in [0.29, 0.717) is 5.76 Å². The summed E-state index contributed by atoms with van der Waals surface area (Å²) in [6.45, 7) is 0. The molecule has 0 aliphatic rings. The van der Waals surface area contributed by atoms with E-state index in [4.69, 9.17) is 9.25 Å². The van der Waals surface area contributed by atoms with Crippen LogP contribution in [0.4, 0.5) is 0 Å². The largest absolute Gasteiger partial charge is 0.457 e. The second-order valence-electron chi connectivity index (χ2n) is 3.54. The number of nitrogens with zero attached hydrogens (tertiary/aromatic N) is 1. The van der Waals surface area contributed by atoms with Crippen LogP contribution in [0.15, 0.2) is 40.8 Å². The van der Waals surface area contributed by atoms with E-state index < -0.39 is 0 Å². The van der Waals surface area contributed by atoms with Crippen molar-refractivity contribution in [2.75, 3.05) is 14.2 Å². The van der Waals surface area contributed by atoms with Crippen molar-refractivity contribution in [3.05, 3.63) is 42.2 Å². The zero-order valence-electron chi connectivity index (χ0n) is 9.71. The van der Waals surface area contributed by atoms with Gasteiger partial charge in [0.25, 0.3) is 5.91 Å². The summed E-state index contributed by atoms with van der Waals surface area (Å²) in [5, 5.41) is 2.15. The Morgan fingerprint density at radius 1 is 1.41 bits per heavy atom. The van der Waals surface area contributed by atoms with E-state index in [0.717, 1.165) is 16.0 Å². The van der Waals surface area contributed by atoms with Gasteiger partial charge in [-0.05, 0) is 18.2 Å². The molecule has 2 aromatic rings. The summed E-state index contributed by atoms with van der Waals surface area (Å²) in [6.07, 6.45) is 3.03. The first kappa shape index (κ1) is 11.4. The average Bonchev–Trinajstić information content (AvgIpc) is 2.77. The third-order valence-electron chi connectivity index (χ3n) is 2.42. The maximum absolute atomic E-state index is 11.4. The fourth-order valence-electron chi connectivity index (χ4n) is 1.43. The fourth-order valence-corrected chi connectivity index (χ4v) is 1.43. The highest BCUT2D eigenvalue weighted by Crippen LogP contribution is 2.19. The van der Waals surface area contributed by atoms with Gasteiger partial charge in [0.05, 0.1) is 7.11 Å². The molecule has 0 radical (unpaired) electrons. The van der Waals surface area contributed by atoms with Gasteiger partial charge < -0.3 is 4.42 Å². The van der Waals surface area contributed by atoms with Crippen LogP contribution >= 0.6 is 0 Å². The van der Waals surface area contributed by atoms with Crippen molar-refractivity contribution >= 4 is 23.0 Å². The molecule has 0 bridgehead atoms. The van der Waals surface area contributed by atoms with Crippen LogP contribution in [0, 0.1) is 0 Å². The normalized spacial score (nSPS) is 11.2. The molecular weight excluding hydrogens is 218 g/mol. The van der Waals surface area contributed by atoms with Crippen LogP contribution in [0.25, 0.3) is 17.0 Å². The molecule has 0 N–H and O–H groups in total. The number of carbonyl (C=O) groups is 1. The quantitative estimate of drug-likeness (QED) is 0.602. The SMILES string of the molecule is CON(C)C(=O)/C=C/c1cc2ccccc2o1. The third kappa shape index (κ3) is 2.54. The Bertz CT molecular complexity index is 524. The van der Waals surface area contributed by atoms with E-state index in [9.17, 15) is 4.79 Å². The van der Waals surface area contributed by atoms with Crippen LogP contribution in [0.2, 0.25) is 0 Å². The standard InChI is InChI=1S/C13H13NO3/c1-14(16-2)13(15)8-7-11-9-10-5-3-4-6-12(10)17-11/h3-9H,1-2H3/b8-7+. The van der Waals surface area contributed by atoms with Crippen molar-refractivity contribution < 1.29 is 14.0 Å². The summed E-state index contributed by atoms with van der Waals surface area (Å²) in [4.78, 5) is 16.2. The van der Waals surface area contributed by atoms with E-state index in [1.165, 1.54) is 13.2 Å². The number of amides is 1. The number of likely N-dealkylation sites (N-methyl/N-ethyl adjacent to an activating group) is 1. The maximum atomic E-state index is 11.4. The first-order chi connectivity index (χ1) is 8.20. The summed E-state index contributed by atoms with van der Waals surface area (Å²) in [5.41, 5.74) is 0.805. The number of fused-ring (bicyclic) bond motifs is 1. The Hall–Kier alpha value is -2.07. The van der Waals surface area contributed by atoms with Crippen molar-refractivity contribution in [2.45, 2.75) is 0 Å². The van der Waals surface area contributed by atoms with Crippen LogP contribution in [0.5, 0.6) is 0 Å². The van der Waals surface area contributed by atoms with Gasteiger partial charge in [-0.15, -0.1) is 0 Å². The molecule has 4 nitrogen and oxygen atoms in total. The molecule has 1 aromatic carbocycles. The van der Waals surface area contributed by atoms with E-state index in [-0.39, 0.29) is 5.91 Å². The van der Waals surface area contributed by atoms with Crippen molar-refractivity contribution in [3.8, 4) is 0 Å². The topological polar surface area (TPSA) is 42.7 Å². The molecule has 0 unspecified atom stereocenters. The molecule has 0 atom stereocenters. The van der Waals surface area contributed by atoms with Crippen molar-refractivity contribution in [3.63, 3.8) is 0 Å². The minimum atomic E-state index is -0.243. The van der Waals surface area contributed by atoms with Crippen LogP contribution in [0.1, 0.15) is 5.76 Å². The highest BCUT2D eigenvalue weighted by atomic mass is 16.7. The number of carbonyl (C=O) groups excluding carboxylic acids is 1. The lowest BCUT2D eigenvalue weighted by Crippen LogP contribution is -2.22. The molecule has 1 aromatic heterocycles. The molecule has 88 valence electrons. The molecule has 1 amide bonds. The third-order valence-corrected chi connectivity index (χ3v) is 2.42. The monoisotopic (exact) mass is 231 g/mol. The van der Waals surface area contributed by atoms with Gasteiger partial charge >= 0.3 is 0 Å². The smallest absolute Gasteiger partial charge is 0.269 e. The molecule has 0 saturated heterocycles. The predicted molar refractivity (Wildman–Crippen MR) is 65.0 cm³/mol. The lowest BCUT2D eigenvalue weighted by atomic mass is 10.2. The van der Waals surface area contributed by atoms with Crippen LogP contribution in [0.3, 0.4) is 0 Å². The molecule has 0 saturated carbocycles. The lowest BCUT2D eigenvalue weighted by Gasteiger charge is -2.09. The summed E-state index contributed by atoms with van der Waals surface area (Å²) >= 11 is 0. The van der Waals surface area contributed by atoms with E-state index >= 15 is 0 Å². The van der Waals surface area contributed by atoms with Crippen molar-refractivity contribution in [2.24, 2.45) is 0 Å². The number of para-hydroxylation sites is 1. The zero-order valence-corrected chi connectivity index (χ0v) is 9.71. The molecular formula is C13H13NO3. The van der Waals surface area contributed by atoms with Gasteiger partial charge in [-0.1, -0.05) is 18.2 Å². The number of hydroxylamine groups is 2. The number of benzene rings is 1. The average molecular weight is 231 g/mol. The van der Waals surface area contributed by atoms with Gasteiger partial charge in [0.2, 0.25) is 0 Å². The molecule has 0 spiro atoms. The lowest BCUT2D eigenvalue weighted by molar-refractivity contribution is -0.162. The highest BCUT2D eigenvalue weighted by molar-refractivity contribution is 5.91. The van der Waals surface area contributed by atoms with Crippen LogP contribution < -0.4 is 0 Å². The van der Waals surface area contributed by atoms with Crippen LogP contribution in [-0.2, 0) is 9.63 Å². The molecule has 0 fully saturated rings. The van der Waals surface area contributed by atoms with Gasteiger partial charge in [0, 0.05) is 18.5 Å². The molecule has 1 heterocycles. The molecule has 0 aliphatic carbocycles. The zero-order chi connectivity index (χ0) is 12.3. The van der Waals surface area contributed by atoms with Gasteiger partial charge in [0.1, 0.15) is 11.3 Å². The predicted octanol–water partition coefficient (Wildman–Crippen LogP) is 2.47. The Balaban J connectivity index is 2.18. The van der Waals surface area contributed by atoms with Gasteiger partial charge in [-0.25, -0.2) is 5.06 Å². The number of rotatable bonds is 3. The Labute approximate surface area is 99.0 Å². The van der Waals surface area contributed by atoms with Gasteiger partial charge in [-0.3, -0.25) is 9.63 Å². The minimum absolute atomic E-state index is 0.243. The first-order valence-electron chi connectivity index (χ1n) is 5.19. The van der Waals surface area contributed by atoms with Gasteiger partial charge in [0.15, 0.2) is 0 Å². The summed E-state index contributed by atoms with van der Waals surface area (Å²) in [5.74, 6) is 0.400. The summed E-state index contributed by atoms with van der Waals surface area (Å²) < 4.78 is 5.53. The molecule has 4 heteroatoms. The molecule has 17 heavy (non-hydrogen) atoms. The van der Waals surface area contributed by atoms with Crippen molar-refractivity contribution in [1.29, 1.82) is 0 Å². The fraction of sp³-hybridized carbons (Fsp3) is 0.154. The maximum Gasteiger partial charge on any atom is 0.269 e. The second-order valence-corrected chi connectivity index (χ2v) is 3.54. The molecule has 2 rings (SSSR count). The van der Waals surface area contributed by atoms with Crippen molar-refractivity contribution in [1.82, 2.24) is 5.06 Å². The number of hydrogen-bond acceptors (Lipinski definition) is 3. The van der Waals surface area contributed by atoms with E-state index in [1.807, 2.05) is 30.3 Å². The molecule has 0 aliphatic heterocycles. The minimum Gasteiger partial charge on any atom is -0.457 e. The first-order valence-corrected chi connectivity index (χ1v) is 5.19. The van der Waals surface area contributed by atoms with E-state index in [2.05, 4.69) is 0 Å². The summed E-state index contributed by atoms with van der Waals surface area (Å²) in [6, 6.07) is 9.57. The summed E-state index contributed by atoms with van der Waals surface area (Å²) in [7, 11) is 2.98. The second kappa shape index (κ2) is 4.84. The van der Waals surface area contributed by atoms with Gasteiger partial charge in [-0.2, -0.15) is 0 Å². The Morgan fingerprint density at radius 2 is 2.18 bits per heavy atom. The highest BCUT2D eigenvalue weighted by Gasteiger charge is 2.04. The number of furan rings is 1. The van der Waals surface area contributed by atoms with Crippen LogP contribution in [-0.4, -0.2) is 25.1 Å². The number of hydrogen-bond donors (Lipinski definition) is 0.